The highest BCUT2D eigenvalue weighted by molar-refractivity contribution is 5.96. The highest BCUT2D eigenvalue weighted by atomic mass is 16.3. The normalized spacial score (nSPS) is 19.5. The maximum atomic E-state index is 12.4. The molecule has 2 heterocycles. The van der Waals surface area contributed by atoms with E-state index in [1.165, 1.54) is 0 Å². The average molecular weight is 258 g/mol. The Morgan fingerprint density at radius 3 is 3.00 bits per heavy atom. The number of nitrogens with zero attached hydrogens (tertiary/aromatic N) is 1. The summed E-state index contributed by atoms with van der Waals surface area (Å²) >= 11 is 0. The zero-order valence-corrected chi connectivity index (χ0v) is 11.1. The molecule has 1 saturated heterocycles. The lowest BCUT2D eigenvalue weighted by atomic mass is 10.1. The summed E-state index contributed by atoms with van der Waals surface area (Å²) < 4.78 is 5.63. The first-order valence-corrected chi connectivity index (χ1v) is 6.72. The van der Waals surface area contributed by atoms with Crippen molar-refractivity contribution in [1.29, 1.82) is 0 Å². The number of hydrogen-bond acceptors (Lipinski definition) is 3. The Bertz CT molecular complexity index is 552. The average Bonchev–Trinajstić information content (AvgIpc) is 2.90. The molecule has 0 bridgehead atoms. The number of piperidine rings is 1. The first-order valence-electron chi connectivity index (χ1n) is 6.72. The molecule has 1 amide bonds. The molecule has 2 aromatic rings. The number of carbonyl (C=O) groups excluding carboxylic acids is 1. The number of carbonyl (C=O) groups is 1. The van der Waals surface area contributed by atoms with E-state index in [2.05, 4.69) is 5.32 Å². The van der Waals surface area contributed by atoms with E-state index < -0.39 is 0 Å². The molecule has 0 radical (unpaired) electrons. The molecule has 1 N–H and O–H groups in total. The van der Waals surface area contributed by atoms with Gasteiger partial charge in [0.05, 0.1) is 0 Å². The molecule has 4 nitrogen and oxygen atoms in total. The second kappa shape index (κ2) is 5.05. The van der Waals surface area contributed by atoms with E-state index >= 15 is 0 Å². The lowest BCUT2D eigenvalue weighted by Crippen LogP contribution is -2.46. The van der Waals surface area contributed by atoms with Gasteiger partial charge in [0, 0.05) is 25.0 Å². The second-order valence-corrected chi connectivity index (χ2v) is 5.06. The van der Waals surface area contributed by atoms with Crippen LogP contribution < -0.4 is 5.32 Å². The molecular weight excluding hydrogens is 240 g/mol. The van der Waals surface area contributed by atoms with E-state index in [0.29, 0.717) is 5.76 Å². The van der Waals surface area contributed by atoms with Crippen molar-refractivity contribution >= 4 is 16.9 Å². The molecule has 19 heavy (non-hydrogen) atoms. The standard InChI is InChI=1S/C15H18N2O2/c1-17(12-6-4-8-16-10-12)15(18)14-9-11-5-2-3-7-13(11)19-14/h2-3,5,7,9,12,16H,4,6,8,10H2,1H3. The van der Waals surface area contributed by atoms with Crippen LogP contribution in [0.3, 0.4) is 0 Å². The summed E-state index contributed by atoms with van der Waals surface area (Å²) in [7, 11) is 1.85. The third kappa shape index (κ3) is 2.36. The number of benzene rings is 1. The highest BCUT2D eigenvalue weighted by Gasteiger charge is 2.24. The lowest BCUT2D eigenvalue weighted by molar-refractivity contribution is 0.0678. The third-order valence-electron chi connectivity index (χ3n) is 3.78. The van der Waals surface area contributed by atoms with Crippen molar-refractivity contribution in [2.24, 2.45) is 0 Å². The molecule has 1 aliphatic heterocycles. The van der Waals surface area contributed by atoms with Crippen LogP contribution in [0.1, 0.15) is 23.4 Å². The first-order chi connectivity index (χ1) is 9.25. The summed E-state index contributed by atoms with van der Waals surface area (Å²) in [6.45, 7) is 1.91. The van der Waals surface area contributed by atoms with Crippen molar-refractivity contribution < 1.29 is 9.21 Å². The topological polar surface area (TPSA) is 45.5 Å². The van der Waals surface area contributed by atoms with Gasteiger partial charge in [-0.3, -0.25) is 4.79 Å². The van der Waals surface area contributed by atoms with Crippen molar-refractivity contribution in [2.75, 3.05) is 20.1 Å². The van der Waals surface area contributed by atoms with Gasteiger partial charge in [0.1, 0.15) is 5.58 Å². The second-order valence-electron chi connectivity index (χ2n) is 5.06. The largest absolute Gasteiger partial charge is 0.451 e. The van der Waals surface area contributed by atoms with Gasteiger partial charge in [-0.25, -0.2) is 0 Å². The third-order valence-corrected chi connectivity index (χ3v) is 3.78. The van der Waals surface area contributed by atoms with E-state index in [1.807, 2.05) is 37.4 Å². The number of fused-ring (bicyclic) bond motifs is 1. The lowest BCUT2D eigenvalue weighted by Gasteiger charge is -2.31. The number of likely N-dealkylation sites (N-methyl/N-ethyl adjacent to an activating group) is 1. The van der Waals surface area contributed by atoms with E-state index in [0.717, 1.165) is 36.9 Å². The SMILES string of the molecule is CN(C(=O)c1cc2ccccc2o1)C1CCCNC1. The van der Waals surface area contributed by atoms with Gasteiger partial charge in [0.2, 0.25) is 0 Å². The Morgan fingerprint density at radius 1 is 1.42 bits per heavy atom. The maximum absolute atomic E-state index is 12.4. The Hall–Kier alpha value is -1.81. The van der Waals surface area contributed by atoms with Crippen LogP contribution in [0.25, 0.3) is 11.0 Å². The number of nitrogens with one attached hydrogen (secondary N) is 1. The molecule has 1 aliphatic rings. The molecule has 1 aromatic heterocycles. The fourth-order valence-electron chi connectivity index (χ4n) is 2.59. The zero-order valence-electron chi connectivity index (χ0n) is 11.1. The fourth-order valence-corrected chi connectivity index (χ4v) is 2.59. The van der Waals surface area contributed by atoms with Crippen LogP contribution in [-0.2, 0) is 0 Å². The van der Waals surface area contributed by atoms with Gasteiger partial charge < -0.3 is 14.6 Å². The smallest absolute Gasteiger partial charge is 0.289 e. The molecule has 1 fully saturated rings. The molecule has 1 unspecified atom stereocenters. The Kier molecular flexibility index (Phi) is 3.25. The first kappa shape index (κ1) is 12.2. The molecule has 4 heteroatoms. The summed E-state index contributed by atoms with van der Waals surface area (Å²) in [4.78, 5) is 14.2. The number of hydrogen-bond donors (Lipinski definition) is 1. The summed E-state index contributed by atoms with van der Waals surface area (Å²) in [5, 5.41) is 4.30. The molecule has 3 rings (SSSR count). The van der Waals surface area contributed by atoms with Crippen LogP contribution in [0.2, 0.25) is 0 Å². The van der Waals surface area contributed by atoms with Gasteiger partial charge in [0.25, 0.3) is 5.91 Å². The van der Waals surface area contributed by atoms with Crippen molar-refractivity contribution in [3.8, 4) is 0 Å². The Morgan fingerprint density at radius 2 is 2.26 bits per heavy atom. The van der Waals surface area contributed by atoms with Gasteiger partial charge >= 0.3 is 0 Å². The number of furan rings is 1. The van der Waals surface area contributed by atoms with Crippen molar-refractivity contribution in [2.45, 2.75) is 18.9 Å². The fraction of sp³-hybridized carbons (Fsp3) is 0.400. The van der Waals surface area contributed by atoms with E-state index in [1.54, 1.807) is 4.90 Å². The Labute approximate surface area is 112 Å². The van der Waals surface area contributed by atoms with E-state index in [-0.39, 0.29) is 11.9 Å². The molecule has 1 atom stereocenters. The maximum Gasteiger partial charge on any atom is 0.289 e. The number of amides is 1. The zero-order chi connectivity index (χ0) is 13.2. The van der Waals surface area contributed by atoms with Gasteiger partial charge in [0.15, 0.2) is 5.76 Å². The van der Waals surface area contributed by atoms with Crippen molar-refractivity contribution in [1.82, 2.24) is 10.2 Å². The van der Waals surface area contributed by atoms with Crippen LogP contribution >= 0.6 is 0 Å². The van der Waals surface area contributed by atoms with Crippen LogP contribution in [0.5, 0.6) is 0 Å². The summed E-state index contributed by atoms with van der Waals surface area (Å²) in [6, 6.07) is 9.78. The monoisotopic (exact) mass is 258 g/mol. The van der Waals surface area contributed by atoms with Crippen LogP contribution in [0, 0.1) is 0 Å². The summed E-state index contributed by atoms with van der Waals surface area (Å²) in [6.07, 6.45) is 2.16. The van der Waals surface area contributed by atoms with E-state index in [9.17, 15) is 4.79 Å². The van der Waals surface area contributed by atoms with Crippen molar-refractivity contribution in [3.63, 3.8) is 0 Å². The van der Waals surface area contributed by atoms with Gasteiger partial charge in [-0.15, -0.1) is 0 Å². The molecule has 0 aliphatic carbocycles. The van der Waals surface area contributed by atoms with Gasteiger partial charge in [-0.1, -0.05) is 18.2 Å². The van der Waals surface area contributed by atoms with Crippen LogP contribution in [-0.4, -0.2) is 37.0 Å². The minimum absolute atomic E-state index is 0.0371. The molecule has 100 valence electrons. The molecule has 0 saturated carbocycles. The predicted molar refractivity (Wildman–Crippen MR) is 74.2 cm³/mol. The summed E-state index contributed by atoms with van der Waals surface area (Å²) in [5.41, 5.74) is 0.765. The minimum Gasteiger partial charge on any atom is -0.451 e. The van der Waals surface area contributed by atoms with E-state index in [4.69, 9.17) is 4.42 Å². The minimum atomic E-state index is -0.0371. The molecule has 0 spiro atoms. The summed E-state index contributed by atoms with van der Waals surface area (Å²) in [5.74, 6) is 0.388. The molecular formula is C15H18N2O2. The van der Waals surface area contributed by atoms with Crippen LogP contribution in [0.4, 0.5) is 0 Å². The van der Waals surface area contributed by atoms with Crippen molar-refractivity contribution in [3.05, 3.63) is 36.1 Å². The number of rotatable bonds is 2. The number of para-hydroxylation sites is 1. The highest BCUT2D eigenvalue weighted by Crippen LogP contribution is 2.21. The van der Waals surface area contributed by atoms with Gasteiger partial charge in [-0.05, 0) is 31.5 Å². The quantitative estimate of drug-likeness (QED) is 0.898. The van der Waals surface area contributed by atoms with Crippen LogP contribution in [0.15, 0.2) is 34.7 Å². The molecule has 1 aromatic carbocycles. The Balaban J connectivity index is 1.82. The predicted octanol–water partition coefficient (Wildman–Crippen LogP) is 2.26. The van der Waals surface area contributed by atoms with Gasteiger partial charge in [-0.2, -0.15) is 0 Å².